The van der Waals surface area contributed by atoms with Gasteiger partial charge in [0.2, 0.25) is 10.2 Å². The Morgan fingerprint density at radius 1 is 0.667 bits per heavy atom. The zero-order valence-electron chi connectivity index (χ0n) is 11.2. The van der Waals surface area contributed by atoms with Crippen molar-refractivity contribution in [3.8, 4) is 0 Å². The summed E-state index contributed by atoms with van der Waals surface area (Å²) in [6, 6.07) is 19.2. The molecule has 0 saturated heterocycles. The maximum Gasteiger partial charge on any atom is 0.204 e. The summed E-state index contributed by atoms with van der Waals surface area (Å²) in [7, 11) is 3.50. The Labute approximate surface area is 135 Å². The zero-order chi connectivity index (χ0) is 14.9. The standard InChI is InChI=1S/C16H14O2S3/c17-15(11-13-7-3-1-4-8-13)19-21-20-16(18)12-14-9-5-2-6-10-14/h1-10H,11-12H2. The molecule has 0 N–H and O–H groups in total. The molecule has 0 unspecified atom stereocenters. The van der Waals surface area contributed by atoms with Crippen LogP contribution in [0, 0.1) is 0 Å². The lowest BCUT2D eigenvalue weighted by Crippen LogP contribution is -1.96. The van der Waals surface area contributed by atoms with Gasteiger partial charge >= 0.3 is 0 Å². The minimum Gasteiger partial charge on any atom is -0.286 e. The summed E-state index contributed by atoms with van der Waals surface area (Å²) in [6.45, 7) is 0. The molecule has 0 saturated carbocycles. The number of carbonyl (C=O) groups is 2. The highest BCUT2D eigenvalue weighted by Gasteiger charge is 2.09. The average Bonchev–Trinajstić information content (AvgIpc) is 2.49. The smallest absolute Gasteiger partial charge is 0.204 e. The first-order valence-electron chi connectivity index (χ1n) is 6.39. The first-order valence-corrected chi connectivity index (χ1v) is 9.87. The van der Waals surface area contributed by atoms with E-state index in [1.54, 1.807) is 0 Å². The van der Waals surface area contributed by atoms with E-state index >= 15 is 0 Å². The van der Waals surface area contributed by atoms with Crippen LogP contribution in [0.1, 0.15) is 11.1 Å². The van der Waals surface area contributed by atoms with Crippen LogP contribution in [0.25, 0.3) is 0 Å². The lowest BCUT2D eigenvalue weighted by atomic mass is 10.2. The molecule has 21 heavy (non-hydrogen) atoms. The molecule has 0 heterocycles. The van der Waals surface area contributed by atoms with Gasteiger partial charge in [0.1, 0.15) is 0 Å². The largest absolute Gasteiger partial charge is 0.286 e. The topological polar surface area (TPSA) is 34.1 Å². The van der Waals surface area contributed by atoms with Gasteiger partial charge in [-0.1, -0.05) is 60.7 Å². The third-order valence-corrected chi connectivity index (χ3v) is 6.18. The monoisotopic (exact) mass is 334 g/mol. The van der Waals surface area contributed by atoms with Crippen LogP contribution in [0.3, 0.4) is 0 Å². The van der Waals surface area contributed by atoms with Gasteiger partial charge in [-0.25, -0.2) is 0 Å². The molecule has 2 nitrogen and oxygen atoms in total. The van der Waals surface area contributed by atoms with E-state index < -0.39 is 0 Å². The van der Waals surface area contributed by atoms with E-state index in [4.69, 9.17) is 0 Å². The Bertz CT molecular complexity index is 531. The highest BCUT2D eigenvalue weighted by molar-refractivity contribution is 9.14. The van der Waals surface area contributed by atoms with Gasteiger partial charge in [0.25, 0.3) is 0 Å². The second-order valence-corrected chi connectivity index (χ2v) is 8.32. The average molecular weight is 334 g/mol. The molecular formula is C16H14O2S3. The molecule has 0 atom stereocenters. The van der Waals surface area contributed by atoms with Gasteiger partial charge in [-0.2, -0.15) is 0 Å². The molecule has 2 aromatic rings. The van der Waals surface area contributed by atoms with Crippen LogP contribution >= 0.6 is 31.4 Å². The molecule has 2 rings (SSSR count). The zero-order valence-corrected chi connectivity index (χ0v) is 13.7. The normalized spacial score (nSPS) is 10.3. The maximum absolute atomic E-state index is 11.8. The molecule has 108 valence electrons. The van der Waals surface area contributed by atoms with Crippen LogP contribution in [-0.4, -0.2) is 10.2 Å². The van der Waals surface area contributed by atoms with Crippen LogP contribution in [0.5, 0.6) is 0 Å². The molecule has 2 aromatic carbocycles. The van der Waals surface area contributed by atoms with E-state index in [2.05, 4.69) is 0 Å². The fourth-order valence-electron chi connectivity index (χ4n) is 1.68. The Morgan fingerprint density at radius 3 is 1.43 bits per heavy atom. The molecule has 0 fully saturated rings. The van der Waals surface area contributed by atoms with Crippen molar-refractivity contribution in [2.75, 3.05) is 0 Å². The fraction of sp³-hybridized carbons (Fsp3) is 0.125. The minimum atomic E-state index is 0.0613. The number of hydrogen-bond donors (Lipinski definition) is 0. The molecule has 0 amide bonds. The highest BCUT2D eigenvalue weighted by atomic mass is 33.5. The number of rotatable bonds is 6. The molecule has 0 aliphatic rings. The van der Waals surface area contributed by atoms with Gasteiger partial charge in [-0.15, -0.1) is 0 Å². The highest BCUT2D eigenvalue weighted by Crippen LogP contribution is 2.36. The fourth-order valence-corrected chi connectivity index (χ4v) is 4.90. The van der Waals surface area contributed by atoms with Crippen molar-refractivity contribution in [1.82, 2.24) is 0 Å². The quantitative estimate of drug-likeness (QED) is 0.724. The van der Waals surface area contributed by atoms with Gasteiger partial charge in [0.15, 0.2) is 0 Å². The molecule has 0 aliphatic carbocycles. The lowest BCUT2D eigenvalue weighted by molar-refractivity contribution is -0.111. The van der Waals surface area contributed by atoms with E-state index in [9.17, 15) is 9.59 Å². The Morgan fingerprint density at radius 2 is 1.05 bits per heavy atom. The van der Waals surface area contributed by atoms with Crippen molar-refractivity contribution < 1.29 is 9.59 Å². The van der Waals surface area contributed by atoms with Gasteiger partial charge in [-0.05, 0) is 42.5 Å². The Balaban J connectivity index is 1.67. The summed E-state index contributed by atoms with van der Waals surface area (Å²) in [6.07, 6.45) is 0.790. The van der Waals surface area contributed by atoms with Crippen molar-refractivity contribution in [1.29, 1.82) is 0 Å². The first kappa shape index (κ1) is 16.2. The van der Waals surface area contributed by atoms with Crippen molar-refractivity contribution >= 4 is 41.6 Å². The predicted molar refractivity (Wildman–Crippen MR) is 93.1 cm³/mol. The van der Waals surface area contributed by atoms with E-state index in [0.717, 1.165) is 32.7 Å². The summed E-state index contributed by atoms with van der Waals surface area (Å²) < 4.78 is 0. The van der Waals surface area contributed by atoms with Crippen molar-refractivity contribution in [2.24, 2.45) is 0 Å². The molecule has 0 spiro atoms. The third kappa shape index (κ3) is 6.42. The van der Waals surface area contributed by atoms with E-state index in [-0.39, 0.29) is 10.2 Å². The molecule has 5 heteroatoms. The molecule has 0 radical (unpaired) electrons. The van der Waals surface area contributed by atoms with Crippen molar-refractivity contribution in [2.45, 2.75) is 12.8 Å². The summed E-state index contributed by atoms with van der Waals surface area (Å²) in [4.78, 5) is 23.5. The van der Waals surface area contributed by atoms with Crippen LogP contribution in [0.2, 0.25) is 0 Å². The van der Waals surface area contributed by atoms with Gasteiger partial charge in [0.05, 0.1) is 0 Å². The van der Waals surface area contributed by atoms with Crippen LogP contribution in [0.15, 0.2) is 60.7 Å². The summed E-state index contributed by atoms with van der Waals surface area (Å²) in [5, 5.41) is 0.123. The maximum atomic E-state index is 11.8. The number of carbonyl (C=O) groups excluding carboxylic acids is 2. The second kappa shape index (κ2) is 8.97. The Hall–Kier alpha value is -1.17. The number of benzene rings is 2. The first-order chi connectivity index (χ1) is 10.2. The summed E-state index contributed by atoms with van der Waals surface area (Å²) >= 11 is 0. The van der Waals surface area contributed by atoms with Gasteiger partial charge < -0.3 is 0 Å². The molecular weight excluding hydrogens is 320 g/mol. The molecule has 0 aliphatic heterocycles. The van der Waals surface area contributed by atoms with Crippen molar-refractivity contribution in [3.63, 3.8) is 0 Å². The third-order valence-electron chi connectivity index (χ3n) is 2.64. The van der Waals surface area contributed by atoms with Gasteiger partial charge in [-0.3, -0.25) is 9.59 Å². The van der Waals surface area contributed by atoms with Crippen LogP contribution in [-0.2, 0) is 22.4 Å². The van der Waals surface area contributed by atoms with E-state index in [0.29, 0.717) is 12.8 Å². The van der Waals surface area contributed by atoms with E-state index in [1.807, 2.05) is 60.7 Å². The summed E-state index contributed by atoms with van der Waals surface area (Å²) in [5.74, 6) is 0. The number of hydrogen-bond acceptors (Lipinski definition) is 5. The van der Waals surface area contributed by atoms with E-state index in [1.165, 1.54) is 9.83 Å². The van der Waals surface area contributed by atoms with Crippen molar-refractivity contribution in [3.05, 3.63) is 71.8 Å². The van der Waals surface area contributed by atoms with Crippen LogP contribution < -0.4 is 0 Å². The predicted octanol–water partition coefficient (Wildman–Crippen LogP) is 4.55. The van der Waals surface area contributed by atoms with Crippen LogP contribution in [0.4, 0.5) is 0 Å². The molecule has 0 aromatic heterocycles. The lowest BCUT2D eigenvalue weighted by Gasteiger charge is -2.01. The van der Waals surface area contributed by atoms with Gasteiger partial charge in [0, 0.05) is 12.8 Å². The molecule has 0 bridgehead atoms. The second-order valence-electron chi connectivity index (χ2n) is 4.30. The Kier molecular flexibility index (Phi) is 6.92. The minimum absolute atomic E-state index is 0.0613. The summed E-state index contributed by atoms with van der Waals surface area (Å²) in [5.41, 5.74) is 1.99. The SMILES string of the molecule is O=C(Cc1ccccc1)SSSC(=O)Cc1ccccc1.